The van der Waals surface area contributed by atoms with Crippen molar-refractivity contribution >= 4 is 0 Å². The molecule has 0 amide bonds. The number of benzene rings is 1. The predicted octanol–water partition coefficient (Wildman–Crippen LogP) is 2.59. The number of nitrogens with zero attached hydrogens (tertiary/aromatic N) is 2. The molecule has 0 aliphatic carbocycles. The fourth-order valence-electron chi connectivity index (χ4n) is 1.86. The van der Waals surface area contributed by atoms with Crippen molar-refractivity contribution in [3.63, 3.8) is 0 Å². The molecule has 2 N–H and O–H groups in total. The van der Waals surface area contributed by atoms with Gasteiger partial charge in [-0.25, -0.2) is 0 Å². The van der Waals surface area contributed by atoms with Crippen LogP contribution in [0.2, 0.25) is 0 Å². The molecule has 1 aromatic heterocycles. The molecule has 0 saturated carbocycles. The van der Waals surface area contributed by atoms with Crippen LogP contribution in [-0.4, -0.2) is 9.78 Å². The molecule has 0 bridgehead atoms. The summed E-state index contributed by atoms with van der Waals surface area (Å²) in [6, 6.07) is 10.3. The number of hydrogen-bond donors (Lipinski definition) is 1. The van der Waals surface area contributed by atoms with Gasteiger partial charge in [-0.3, -0.25) is 4.68 Å². The van der Waals surface area contributed by atoms with Crippen LogP contribution < -0.4 is 5.73 Å². The van der Waals surface area contributed by atoms with Gasteiger partial charge in [0.1, 0.15) is 0 Å². The number of rotatable bonds is 3. The van der Waals surface area contributed by atoms with Gasteiger partial charge in [-0.05, 0) is 23.1 Å². The smallest absolute Gasteiger partial charge is 0.0837 e. The normalized spacial score (nSPS) is 13.0. The predicted molar refractivity (Wildman–Crippen MR) is 69.8 cm³/mol. The molecule has 0 spiro atoms. The zero-order valence-corrected chi connectivity index (χ0v) is 10.6. The zero-order chi connectivity index (χ0) is 12.4. The van der Waals surface area contributed by atoms with E-state index in [9.17, 15) is 0 Å². The van der Waals surface area contributed by atoms with E-state index in [1.807, 2.05) is 19.3 Å². The monoisotopic (exact) mass is 229 g/mol. The van der Waals surface area contributed by atoms with Crippen molar-refractivity contribution < 1.29 is 0 Å². The van der Waals surface area contributed by atoms with Gasteiger partial charge in [-0.15, -0.1) is 0 Å². The van der Waals surface area contributed by atoms with Crippen LogP contribution in [0, 0.1) is 0 Å². The second-order valence-corrected chi connectivity index (χ2v) is 4.71. The standard InChI is InChI=1S/C14H19N3/c1-10(2)11-4-6-12(7-5-11)14(15)13-8-9-17(3)16-13/h4-10,14H,15H2,1-3H3. The lowest BCUT2D eigenvalue weighted by atomic mass is 9.98. The molecule has 1 heterocycles. The highest BCUT2D eigenvalue weighted by atomic mass is 15.3. The Hall–Kier alpha value is -1.61. The number of aryl methyl sites for hydroxylation is 1. The van der Waals surface area contributed by atoms with Gasteiger partial charge >= 0.3 is 0 Å². The van der Waals surface area contributed by atoms with E-state index in [2.05, 4.69) is 43.2 Å². The van der Waals surface area contributed by atoms with Crippen molar-refractivity contribution in [1.82, 2.24) is 9.78 Å². The summed E-state index contributed by atoms with van der Waals surface area (Å²) in [5, 5.41) is 4.34. The van der Waals surface area contributed by atoms with Crippen LogP contribution in [0.4, 0.5) is 0 Å². The summed E-state index contributed by atoms with van der Waals surface area (Å²) >= 11 is 0. The van der Waals surface area contributed by atoms with E-state index < -0.39 is 0 Å². The Morgan fingerprint density at radius 3 is 2.12 bits per heavy atom. The lowest BCUT2D eigenvalue weighted by molar-refractivity contribution is 0.715. The van der Waals surface area contributed by atoms with Gasteiger partial charge in [0.25, 0.3) is 0 Å². The maximum Gasteiger partial charge on any atom is 0.0837 e. The van der Waals surface area contributed by atoms with Crippen molar-refractivity contribution in [3.8, 4) is 0 Å². The Labute approximate surface area is 102 Å². The van der Waals surface area contributed by atoms with Gasteiger partial charge in [0.05, 0.1) is 11.7 Å². The van der Waals surface area contributed by atoms with E-state index in [0.29, 0.717) is 5.92 Å². The third-order valence-corrected chi connectivity index (χ3v) is 3.02. The van der Waals surface area contributed by atoms with Crippen molar-refractivity contribution in [2.75, 3.05) is 0 Å². The van der Waals surface area contributed by atoms with Crippen LogP contribution >= 0.6 is 0 Å². The Kier molecular flexibility index (Phi) is 3.29. The molecule has 3 nitrogen and oxygen atoms in total. The zero-order valence-electron chi connectivity index (χ0n) is 10.6. The Balaban J connectivity index is 2.22. The molecule has 0 saturated heterocycles. The minimum atomic E-state index is -0.141. The average Bonchev–Trinajstić information content (AvgIpc) is 2.75. The third-order valence-electron chi connectivity index (χ3n) is 3.02. The first-order valence-electron chi connectivity index (χ1n) is 5.93. The molecular weight excluding hydrogens is 210 g/mol. The molecule has 0 fully saturated rings. The average molecular weight is 229 g/mol. The number of aromatic nitrogens is 2. The number of nitrogens with two attached hydrogens (primary N) is 1. The Bertz CT molecular complexity index is 482. The van der Waals surface area contributed by atoms with E-state index in [1.165, 1.54) is 5.56 Å². The maximum atomic E-state index is 6.18. The summed E-state index contributed by atoms with van der Waals surface area (Å²) in [6.07, 6.45) is 1.91. The van der Waals surface area contributed by atoms with E-state index in [-0.39, 0.29) is 6.04 Å². The second-order valence-electron chi connectivity index (χ2n) is 4.71. The second kappa shape index (κ2) is 4.72. The highest BCUT2D eigenvalue weighted by Gasteiger charge is 2.11. The van der Waals surface area contributed by atoms with Gasteiger partial charge in [0.15, 0.2) is 0 Å². The maximum absolute atomic E-state index is 6.18. The Morgan fingerprint density at radius 1 is 1.06 bits per heavy atom. The van der Waals surface area contributed by atoms with Crippen LogP contribution in [0.25, 0.3) is 0 Å². The summed E-state index contributed by atoms with van der Waals surface area (Å²) < 4.78 is 1.78. The van der Waals surface area contributed by atoms with E-state index in [4.69, 9.17) is 5.73 Å². The fourth-order valence-corrected chi connectivity index (χ4v) is 1.86. The van der Waals surface area contributed by atoms with Crippen molar-refractivity contribution in [2.24, 2.45) is 12.8 Å². The molecule has 1 aromatic carbocycles. The molecule has 17 heavy (non-hydrogen) atoms. The number of hydrogen-bond acceptors (Lipinski definition) is 2. The molecule has 3 heteroatoms. The van der Waals surface area contributed by atoms with Crippen LogP contribution in [-0.2, 0) is 7.05 Å². The molecule has 0 aliphatic rings. The summed E-state index contributed by atoms with van der Waals surface area (Å²) in [7, 11) is 1.90. The molecule has 0 aliphatic heterocycles. The summed E-state index contributed by atoms with van der Waals surface area (Å²) in [6.45, 7) is 4.38. The van der Waals surface area contributed by atoms with Gasteiger partial charge in [-0.1, -0.05) is 38.1 Å². The summed E-state index contributed by atoms with van der Waals surface area (Å²) in [5.41, 5.74) is 9.53. The minimum Gasteiger partial charge on any atom is -0.319 e. The highest BCUT2D eigenvalue weighted by Crippen LogP contribution is 2.21. The first-order valence-corrected chi connectivity index (χ1v) is 5.93. The van der Waals surface area contributed by atoms with Crippen molar-refractivity contribution in [3.05, 3.63) is 53.3 Å². The molecule has 90 valence electrons. The van der Waals surface area contributed by atoms with Crippen LogP contribution in [0.3, 0.4) is 0 Å². The molecule has 1 atom stereocenters. The van der Waals surface area contributed by atoms with E-state index >= 15 is 0 Å². The van der Waals surface area contributed by atoms with Gasteiger partial charge < -0.3 is 5.73 Å². The van der Waals surface area contributed by atoms with Crippen molar-refractivity contribution in [2.45, 2.75) is 25.8 Å². The topological polar surface area (TPSA) is 43.8 Å². The molecule has 0 radical (unpaired) electrons. The van der Waals surface area contributed by atoms with Crippen LogP contribution in [0.1, 0.15) is 42.6 Å². The lowest BCUT2D eigenvalue weighted by Gasteiger charge is -2.11. The van der Waals surface area contributed by atoms with Gasteiger partial charge in [0.2, 0.25) is 0 Å². The van der Waals surface area contributed by atoms with E-state index in [0.717, 1.165) is 11.3 Å². The molecular formula is C14H19N3. The van der Waals surface area contributed by atoms with Crippen molar-refractivity contribution in [1.29, 1.82) is 0 Å². The molecule has 1 unspecified atom stereocenters. The lowest BCUT2D eigenvalue weighted by Crippen LogP contribution is -2.13. The first kappa shape index (κ1) is 11.9. The van der Waals surface area contributed by atoms with Crippen LogP contribution in [0.15, 0.2) is 36.5 Å². The Morgan fingerprint density at radius 2 is 1.65 bits per heavy atom. The minimum absolute atomic E-state index is 0.141. The third kappa shape index (κ3) is 2.56. The largest absolute Gasteiger partial charge is 0.319 e. The van der Waals surface area contributed by atoms with Gasteiger partial charge in [-0.2, -0.15) is 5.10 Å². The van der Waals surface area contributed by atoms with E-state index in [1.54, 1.807) is 4.68 Å². The SMILES string of the molecule is CC(C)c1ccc(C(N)c2ccn(C)n2)cc1. The fraction of sp³-hybridized carbons (Fsp3) is 0.357. The summed E-state index contributed by atoms with van der Waals surface area (Å²) in [4.78, 5) is 0. The first-order chi connectivity index (χ1) is 8.08. The summed E-state index contributed by atoms with van der Waals surface area (Å²) in [5.74, 6) is 0.551. The highest BCUT2D eigenvalue weighted by molar-refractivity contribution is 5.30. The van der Waals surface area contributed by atoms with Crippen LogP contribution in [0.5, 0.6) is 0 Å². The molecule has 2 rings (SSSR count). The molecule has 2 aromatic rings. The van der Waals surface area contributed by atoms with Gasteiger partial charge in [0, 0.05) is 13.2 Å². The quantitative estimate of drug-likeness (QED) is 0.879.